The van der Waals surface area contributed by atoms with E-state index in [1.54, 1.807) is 13.0 Å². The quantitative estimate of drug-likeness (QED) is 0.564. The maximum atomic E-state index is 11.6. The molecule has 0 aliphatic rings. The number of aromatic amines is 1. The van der Waals surface area contributed by atoms with Gasteiger partial charge in [-0.25, -0.2) is 4.79 Å². The molecule has 0 amide bonds. The standard InChI is InChI=1S/C11H8N2O2/c1-6-9-10(13-12-6)7-4-2-3-5-8(7)15-11(9)14/h2-5H,1H3,(H,12,13). The van der Waals surface area contributed by atoms with Gasteiger partial charge in [-0.3, -0.25) is 5.10 Å². The van der Waals surface area contributed by atoms with E-state index in [9.17, 15) is 4.79 Å². The molecule has 0 saturated carbocycles. The smallest absolute Gasteiger partial charge is 0.347 e. The van der Waals surface area contributed by atoms with Crippen LogP contribution in [0.3, 0.4) is 0 Å². The lowest BCUT2D eigenvalue weighted by Gasteiger charge is -1.95. The van der Waals surface area contributed by atoms with Crippen LogP contribution in [0.25, 0.3) is 21.9 Å². The van der Waals surface area contributed by atoms with Crippen LogP contribution in [0.1, 0.15) is 5.69 Å². The van der Waals surface area contributed by atoms with Crippen molar-refractivity contribution in [3.05, 3.63) is 40.4 Å². The highest BCUT2D eigenvalue weighted by Gasteiger charge is 2.11. The van der Waals surface area contributed by atoms with Crippen LogP contribution in [0.15, 0.2) is 33.5 Å². The van der Waals surface area contributed by atoms with Crippen molar-refractivity contribution < 1.29 is 4.42 Å². The Balaban J connectivity index is 2.71. The Labute approximate surface area is 84.5 Å². The molecule has 0 bridgehead atoms. The third-order valence-electron chi connectivity index (χ3n) is 2.50. The van der Waals surface area contributed by atoms with Crippen LogP contribution in [-0.2, 0) is 0 Å². The maximum absolute atomic E-state index is 11.6. The van der Waals surface area contributed by atoms with Gasteiger partial charge in [-0.1, -0.05) is 12.1 Å². The van der Waals surface area contributed by atoms with E-state index in [-0.39, 0.29) is 5.63 Å². The number of rotatable bonds is 0. The first kappa shape index (κ1) is 8.23. The van der Waals surface area contributed by atoms with E-state index < -0.39 is 0 Å². The first-order chi connectivity index (χ1) is 7.27. The molecule has 74 valence electrons. The zero-order chi connectivity index (χ0) is 10.4. The number of benzene rings is 1. The first-order valence-electron chi connectivity index (χ1n) is 4.64. The Bertz CT molecular complexity index is 709. The highest BCUT2D eigenvalue weighted by Crippen LogP contribution is 2.21. The molecule has 0 atom stereocenters. The third kappa shape index (κ3) is 1.01. The molecule has 4 heteroatoms. The van der Waals surface area contributed by atoms with Gasteiger partial charge in [0, 0.05) is 11.1 Å². The van der Waals surface area contributed by atoms with Crippen LogP contribution in [0.2, 0.25) is 0 Å². The van der Waals surface area contributed by atoms with Crippen molar-refractivity contribution in [3.8, 4) is 0 Å². The predicted octanol–water partition coefficient (Wildman–Crippen LogP) is 1.98. The number of nitrogens with zero attached hydrogens (tertiary/aromatic N) is 1. The molecule has 15 heavy (non-hydrogen) atoms. The highest BCUT2D eigenvalue weighted by atomic mass is 16.4. The summed E-state index contributed by atoms with van der Waals surface area (Å²) in [6.07, 6.45) is 0. The van der Waals surface area contributed by atoms with Crippen LogP contribution in [-0.4, -0.2) is 10.2 Å². The molecule has 3 aromatic rings. The fourth-order valence-electron chi connectivity index (χ4n) is 1.78. The van der Waals surface area contributed by atoms with E-state index in [0.29, 0.717) is 16.5 Å². The zero-order valence-corrected chi connectivity index (χ0v) is 8.07. The van der Waals surface area contributed by atoms with Crippen molar-refractivity contribution in [2.24, 2.45) is 0 Å². The molecule has 0 spiro atoms. The molecule has 0 saturated heterocycles. The van der Waals surface area contributed by atoms with Crippen LogP contribution < -0.4 is 5.63 Å². The van der Waals surface area contributed by atoms with Gasteiger partial charge in [0.05, 0.1) is 0 Å². The summed E-state index contributed by atoms with van der Waals surface area (Å²) in [4.78, 5) is 11.6. The van der Waals surface area contributed by atoms with Gasteiger partial charge in [0.15, 0.2) is 0 Å². The lowest BCUT2D eigenvalue weighted by Crippen LogP contribution is -1.99. The van der Waals surface area contributed by atoms with Gasteiger partial charge in [-0.05, 0) is 19.1 Å². The lowest BCUT2D eigenvalue weighted by atomic mass is 10.2. The Morgan fingerprint density at radius 1 is 1.33 bits per heavy atom. The Kier molecular flexibility index (Phi) is 1.48. The normalized spacial score (nSPS) is 11.3. The minimum atomic E-state index is -0.338. The van der Waals surface area contributed by atoms with Crippen molar-refractivity contribution in [2.45, 2.75) is 6.92 Å². The largest absolute Gasteiger partial charge is 0.422 e. The average Bonchev–Trinajstić information content (AvgIpc) is 2.62. The van der Waals surface area contributed by atoms with Gasteiger partial charge in [0.1, 0.15) is 16.5 Å². The molecule has 4 nitrogen and oxygen atoms in total. The fourth-order valence-corrected chi connectivity index (χ4v) is 1.78. The second-order valence-electron chi connectivity index (χ2n) is 3.46. The maximum Gasteiger partial charge on any atom is 0.347 e. The van der Waals surface area contributed by atoms with Gasteiger partial charge in [0.2, 0.25) is 0 Å². The second kappa shape index (κ2) is 2.70. The molecule has 0 fully saturated rings. The molecule has 2 heterocycles. The van der Waals surface area contributed by atoms with E-state index in [2.05, 4.69) is 10.2 Å². The summed E-state index contributed by atoms with van der Waals surface area (Å²) in [6, 6.07) is 7.38. The first-order valence-corrected chi connectivity index (χ1v) is 4.64. The van der Waals surface area contributed by atoms with E-state index in [0.717, 1.165) is 11.1 Å². The highest BCUT2D eigenvalue weighted by molar-refractivity contribution is 6.02. The van der Waals surface area contributed by atoms with E-state index in [1.165, 1.54) is 0 Å². The van der Waals surface area contributed by atoms with Crippen molar-refractivity contribution >= 4 is 21.9 Å². The van der Waals surface area contributed by atoms with E-state index in [4.69, 9.17) is 4.42 Å². The average molecular weight is 200 g/mol. The summed E-state index contributed by atoms with van der Waals surface area (Å²) in [7, 11) is 0. The van der Waals surface area contributed by atoms with Crippen LogP contribution in [0.4, 0.5) is 0 Å². The summed E-state index contributed by atoms with van der Waals surface area (Å²) in [5.41, 5.74) is 1.65. The topological polar surface area (TPSA) is 58.9 Å². The Morgan fingerprint density at radius 2 is 2.13 bits per heavy atom. The number of fused-ring (bicyclic) bond motifs is 3. The van der Waals surface area contributed by atoms with Crippen molar-refractivity contribution in [1.82, 2.24) is 10.2 Å². The molecular formula is C11H8N2O2. The number of H-pyrrole nitrogens is 1. The number of para-hydroxylation sites is 1. The minimum Gasteiger partial charge on any atom is -0.422 e. The molecule has 0 radical (unpaired) electrons. The molecule has 0 aliphatic carbocycles. The number of aryl methyl sites for hydroxylation is 1. The molecule has 1 aromatic carbocycles. The second-order valence-corrected chi connectivity index (χ2v) is 3.46. The van der Waals surface area contributed by atoms with E-state index in [1.807, 2.05) is 18.2 Å². The van der Waals surface area contributed by atoms with Crippen LogP contribution >= 0.6 is 0 Å². The molecular weight excluding hydrogens is 192 g/mol. The molecule has 1 N–H and O–H groups in total. The Hall–Kier alpha value is -2.10. The monoisotopic (exact) mass is 200 g/mol. The summed E-state index contributed by atoms with van der Waals surface area (Å²) < 4.78 is 5.20. The fraction of sp³-hybridized carbons (Fsp3) is 0.0909. The van der Waals surface area contributed by atoms with E-state index >= 15 is 0 Å². The summed E-state index contributed by atoms with van der Waals surface area (Å²) >= 11 is 0. The van der Waals surface area contributed by atoms with Gasteiger partial charge >= 0.3 is 5.63 Å². The molecule has 2 aromatic heterocycles. The van der Waals surface area contributed by atoms with Gasteiger partial charge in [-0.2, -0.15) is 5.10 Å². The summed E-state index contributed by atoms with van der Waals surface area (Å²) in [6.45, 7) is 1.81. The molecule has 3 rings (SSSR count). The van der Waals surface area contributed by atoms with Crippen molar-refractivity contribution in [1.29, 1.82) is 0 Å². The summed E-state index contributed by atoms with van der Waals surface area (Å²) in [5, 5.41) is 8.32. The SMILES string of the molecule is Cc1[nH]nc2c1c(=O)oc1ccccc12. The van der Waals surface area contributed by atoms with Gasteiger partial charge in [0.25, 0.3) is 0 Å². The molecule has 0 unspecified atom stereocenters. The predicted molar refractivity (Wildman–Crippen MR) is 56.9 cm³/mol. The minimum absolute atomic E-state index is 0.338. The van der Waals surface area contributed by atoms with Crippen molar-refractivity contribution in [2.75, 3.05) is 0 Å². The van der Waals surface area contributed by atoms with Gasteiger partial charge < -0.3 is 4.42 Å². The third-order valence-corrected chi connectivity index (χ3v) is 2.50. The number of aromatic nitrogens is 2. The molecule has 0 aliphatic heterocycles. The number of nitrogens with one attached hydrogen (secondary N) is 1. The van der Waals surface area contributed by atoms with Crippen LogP contribution in [0.5, 0.6) is 0 Å². The van der Waals surface area contributed by atoms with Gasteiger partial charge in [-0.15, -0.1) is 0 Å². The Morgan fingerprint density at radius 3 is 3.00 bits per heavy atom. The number of hydrogen-bond acceptors (Lipinski definition) is 3. The lowest BCUT2D eigenvalue weighted by molar-refractivity contribution is 0.569. The number of hydrogen-bond donors (Lipinski definition) is 1. The summed E-state index contributed by atoms with van der Waals surface area (Å²) in [5.74, 6) is 0. The zero-order valence-electron chi connectivity index (χ0n) is 8.07. The van der Waals surface area contributed by atoms with Crippen LogP contribution in [0, 0.1) is 6.92 Å². The van der Waals surface area contributed by atoms with Crippen molar-refractivity contribution in [3.63, 3.8) is 0 Å².